The summed E-state index contributed by atoms with van der Waals surface area (Å²) >= 11 is 0. The average Bonchev–Trinajstić information content (AvgIpc) is 2.93. The molecule has 3 rings (SSSR count). The second-order valence-corrected chi connectivity index (χ2v) is 5.11. The molecule has 2 aromatic rings. The summed E-state index contributed by atoms with van der Waals surface area (Å²) in [6.45, 7) is 0. The molecule has 3 nitrogen and oxygen atoms in total. The second-order valence-electron chi connectivity index (χ2n) is 5.11. The molecule has 0 saturated heterocycles. The molecule has 0 aliphatic heterocycles. The van der Waals surface area contributed by atoms with Gasteiger partial charge >= 0.3 is 0 Å². The lowest BCUT2D eigenvalue weighted by atomic mass is 10.1. The fraction of sp³-hybridized carbons (Fsp3) is 0.429. The third-order valence-corrected chi connectivity index (χ3v) is 3.67. The molecular formula is C14H18N2O. The van der Waals surface area contributed by atoms with Crippen LogP contribution in [0.2, 0.25) is 0 Å². The van der Waals surface area contributed by atoms with Gasteiger partial charge in [-0.2, -0.15) is 0 Å². The molecule has 1 aromatic heterocycles. The molecule has 1 aromatic carbocycles. The molecule has 17 heavy (non-hydrogen) atoms. The third-order valence-electron chi connectivity index (χ3n) is 3.67. The van der Waals surface area contributed by atoms with Crippen molar-refractivity contribution in [3.8, 4) is 5.75 Å². The van der Waals surface area contributed by atoms with E-state index in [9.17, 15) is 0 Å². The Balaban J connectivity index is 1.80. The molecule has 3 N–H and O–H groups in total. The number of H-pyrrole nitrogens is 1. The summed E-state index contributed by atoms with van der Waals surface area (Å²) in [6, 6.07) is 8.30. The maximum atomic E-state index is 6.10. The molecule has 0 bridgehead atoms. The number of rotatable bonds is 4. The van der Waals surface area contributed by atoms with Crippen LogP contribution in [0, 0.1) is 0 Å². The van der Waals surface area contributed by atoms with Crippen LogP contribution in [0.5, 0.6) is 5.75 Å². The number of hydrogen-bond acceptors (Lipinski definition) is 2. The van der Waals surface area contributed by atoms with Crippen LogP contribution in [0.25, 0.3) is 10.9 Å². The standard InChI is InChI=1S/C14H18N2O/c1-17-12-2-3-13-10(9-12)8-11(16-13)4-5-14(15)6-7-14/h2-3,8-9,16H,4-7,15H2,1H3. The van der Waals surface area contributed by atoms with Gasteiger partial charge in [0, 0.05) is 22.1 Å². The first kappa shape index (κ1) is 10.7. The molecule has 0 spiro atoms. The Morgan fingerprint density at radius 2 is 2.18 bits per heavy atom. The number of hydrogen-bond donors (Lipinski definition) is 2. The van der Waals surface area contributed by atoms with Crippen LogP contribution >= 0.6 is 0 Å². The Labute approximate surface area is 101 Å². The minimum Gasteiger partial charge on any atom is -0.497 e. The van der Waals surface area contributed by atoms with Gasteiger partial charge in [-0.1, -0.05) is 0 Å². The van der Waals surface area contributed by atoms with Crippen LogP contribution < -0.4 is 10.5 Å². The van der Waals surface area contributed by atoms with Crippen molar-refractivity contribution >= 4 is 10.9 Å². The number of benzene rings is 1. The van der Waals surface area contributed by atoms with Gasteiger partial charge in [-0.05, 0) is 49.9 Å². The summed E-state index contributed by atoms with van der Waals surface area (Å²) in [5.74, 6) is 0.903. The van der Waals surface area contributed by atoms with E-state index in [1.54, 1.807) is 7.11 Å². The van der Waals surface area contributed by atoms with Crippen molar-refractivity contribution in [3.05, 3.63) is 30.0 Å². The first-order valence-corrected chi connectivity index (χ1v) is 6.13. The van der Waals surface area contributed by atoms with E-state index in [0.717, 1.165) is 18.6 Å². The number of nitrogens with two attached hydrogens (primary N) is 1. The highest BCUT2D eigenvalue weighted by molar-refractivity contribution is 5.81. The van der Waals surface area contributed by atoms with E-state index in [0.29, 0.717) is 0 Å². The summed E-state index contributed by atoms with van der Waals surface area (Å²) < 4.78 is 5.22. The fourth-order valence-corrected chi connectivity index (χ4v) is 2.23. The van der Waals surface area contributed by atoms with Gasteiger partial charge in [0.15, 0.2) is 0 Å². The van der Waals surface area contributed by atoms with Crippen molar-refractivity contribution in [1.29, 1.82) is 0 Å². The predicted octanol–water partition coefficient (Wildman–Crippen LogP) is 2.60. The minimum absolute atomic E-state index is 0.134. The van der Waals surface area contributed by atoms with Crippen LogP contribution in [-0.4, -0.2) is 17.6 Å². The lowest BCUT2D eigenvalue weighted by Gasteiger charge is -2.05. The molecule has 0 radical (unpaired) electrons. The minimum atomic E-state index is 0.134. The molecule has 1 heterocycles. The van der Waals surface area contributed by atoms with E-state index in [1.165, 1.54) is 29.4 Å². The molecule has 1 aliphatic carbocycles. The van der Waals surface area contributed by atoms with E-state index in [-0.39, 0.29) is 5.54 Å². The van der Waals surface area contributed by atoms with Crippen molar-refractivity contribution < 1.29 is 4.74 Å². The zero-order chi connectivity index (χ0) is 11.9. The number of aryl methyl sites for hydroxylation is 1. The average molecular weight is 230 g/mol. The van der Waals surface area contributed by atoms with E-state index >= 15 is 0 Å². The topological polar surface area (TPSA) is 51.0 Å². The van der Waals surface area contributed by atoms with Crippen LogP contribution in [0.1, 0.15) is 25.0 Å². The quantitative estimate of drug-likeness (QED) is 0.848. The summed E-state index contributed by atoms with van der Waals surface area (Å²) in [7, 11) is 1.69. The zero-order valence-electron chi connectivity index (χ0n) is 10.1. The number of fused-ring (bicyclic) bond motifs is 1. The number of aromatic nitrogens is 1. The maximum Gasteiger partial charge on any atom is 0.119 e. The number of nitrogens with one attached hydrogen (secondary N) is 1. The summed E-state index contributed by atoms with van der Waals surface area (Å²) in [5, 5.41) is 1.21. The van der Waals surface area contributed by atoms with Crippen molar-refractivity contribution in [2.75, 3.05) is 7.11 Å². The molecule has 90 valence electrons. The molecule has 3 heteroatoms. The Morgan fingerprint density at radius 3 is 2.88 bits per heavy atom. The van der Waals surface area contributed by atoms with Crippen LogP contribution in [0.4, 0.5) is 0 Å². The molecule has 1 saturated carbocycles. The fourth-order valence-electron chi connectivity index (χ4n) is 2.23. The van der Waals surface area contributed by atoms with Crippen LogP contribution in [0.3, 0.4) is 0 Å². The van der Waals surface area contributed by atoms with Gasteiger partial charge in [-0.25, -0.2) is 0 Å². The maximum absolute atomic E-state index is 6.10. The van der Waals surface area contributed by atoms with Gasteiger partial charge in [-0.15, -0.1) is 0 Å². The van der Waals surface area contributed by atoms with Crippen molar-refractivity contribution in [2.24, 2.45) is 5.73 Å². The lowest BCUT2D eigenvalue weighted by molar-refractivity contribution is 0.415. The van der Waals surface area contributed by atoms with E-state index in [4.69, 9.17) is 10.5 Å². The Bertz CT molecular complexity index is 540. The van der Waals surface area contributed by atoms with E-state index < -0.39 is 0 Å². The van der Waals surface area contributed by atoms with Gasteiger partial charge in [0.25, 0.3) is 0 Å². The van der Waals surface area contributed by atoms with Gasteiger partial charge < -0.3 is 15.5 Å². The summed E-state index contributed by atoms with van der Waals surface area (Å²) in [6.07, 6.45) is 4.48. The highest BCUT2D eigenvalue weighted by Crippen LogP contribution is 2.36. The lowest BCUT2D eigenvalue weighted by Crippen LogP contribution is -2.22. The van der Waals surface area contributed by atoms with Crippen LogP contribution in [0.15, 0.2) is 24.3 Å². The number of aromatic amines is 1. The smallest absolute Gasteiger partial charge is 0.119 e. The van der Waals surface area contributed by atoms with Crippen molar-refractivity contribution in [1.82, 2.24) is 4.98 Å². The highest BCUT2D eigenvalue weighted by Gasteiger charge is 2.37. The molecular weight excluding hydrogens is 212 g/mol. The number of ether oxygens (including phenoxy) is 1. The van der Waals surface area contributed by atoms with Crippen molar-refractivity contribution in [2.45, 2.75) is 31.2 Å². The monoisotopic (exact) mass is 230 g/mol. The molecule has 0 amide bonds. The van der Waals surface area contributed by atoms with Gasteiger partial charge in [0.1, 0.15) is 5.75 Å². The molecule has 0 unspecified atom stereocenters. The van der Waals surface area contributed by atoms with Crippen molar-refractivity contribution in [3.63, 3.8) is 0 Å². The number of methoxy groups -OCH3 is 1. The normalized spacial score (nSPS) is 17.3. The first-order chi connectivity index (χ1) is 8.18. The Kier molecular flexibility index (Phi) is 2.37. The Morgan fingerprint density at radius 1 is 1.35 bits per heavy atom. The van der Waals surface area contributed by atoms with E-state index in [2.05, 4.69) is 23.2 Å². The van der Waals surface area contributed by atoms with Gasteiger partial charge in [-0.3, -0.25) is 0 Å². The predicted molar refractivity (Wildman–Crippen MR) is 69.3 cm³/mol. The van der Waals surface area contributed by atoms with Gasteiger partial charge in [0.05, 0.1) is 7.11 Å². The van der Waals surface area contributed by atoms with Gasteiger partial charge in [0.2, 0.25) is 0 Å². The summed E-state index contributed by atoms with van der Waals surface area (Å²) in [4.78, 5) is 3.44. The zero-order valence-corrected chi connectivity index (χ0v) is 10.1. The Hall–Kier alpha value is -1.48. The van der Waals surface area contributed by atoms with E-state index in [1.807, 2.05) is 6.07 Å². The third kappa shape index (κ3) is 2.15. The largest absolute Gasteiger partial charge is 0.497 e. The molecule has 1 fully saturated rings. The SMILES string of the molecule is COc1ccc2[nH]c(CCC3(N)CC3)cc2c1. The summed E-state index contributed by atoms with van der Waals surface area (Å²) in [5.41, 5.74) is 8.67. The first-order valence-electron chi connectivity index (χ1n) is 6.13. The molecule has 0 atom stereocenters. The highest BCUT2D eigenvalue weighted by atomic mass is 16.5. The molecule has 1 aliphatic rings. The second kappa shape index (κ2) is 3.77. The van der Waals surface area contributed by atoms with Crippen LogP contribution in [-0.2, 0) is 6.42 Å².